The summed E-state index contributed by atoms with van der Waals surface area (Å²) in [6.45, 7) is 0.411. The van der Waals surface area contributed by atoms with Gasteiger partial charge in [-0.2, -0.15) is 0 Å². The largest absolute Gasteiger partial charge is 0.371 e. The van der Waals surface area contributed by atoms with Gasteiger partial charge >= 0.3 is 0 Å². The second kappa shape index (κ2) is 8.19. The summed E-state index contributed by atoms with van der Waals surface area (Å²) in [6, 6.07) is 7.53. The van der Waals surface area contributed by atoms with Crippen molar-refractivity contribution in [2.24, 2.45) is 7.05 Å². The lowest BCUT2D eigenvalue weighted by Gasteiger charge is -2.22. The quantitative estimate of drug-likeness (QED) is 0.432. The number of hydrogen-bond acceptors (Lipinski definition) is 7. The molecule has 0 aliphatic carbocycles. The molecule has 1 fully saturated rings. The van der Waals surface area contributed by atoms with Crippen LogP contribution < -0.4 is 16.0 Å². The van der Waals surface area contributed by atoms with E-state index in [4.69, 9.17) is 4.98 Å². The Kier molecular flexibility index (Phi) is 5.22. The van der Waals surface area contributed by atoms with E-state index in [-0.39, 0.29) is 11.8 Å². The third-order valence-electron chi connectivity index (χ3n) is 5.66. The highest BCUT2D eigenvalue weighted by molar-refractivity contribution is 7.22. The molecule has 164 valence electrons. The lowest BCUT2D eigenvalue weighted by Crippen LogP contribution is -2.48. The number of carbonyl (C=O) groups is 2. The number of aromatic nitrogens is 4. The number of nitrogens with zero attached hydrogens (tertiary/aromatic N) is 4. The maximum absolute atomic E-state index is 12.3. The molecule has 3 aromatic heterocycles. The molecule has 10 heteroatoms. The first-order chi connectivity index (χ1) is 15.5. The zero-order valence-electron chi connectivity index (χ0n) is 17.8. The van der Waals surface area contributed by atoms with Crippen molar-refractivity contribution in [2.75, 3.05) is 12.4 Å². The van der Waals surface area contributed by atoms with Crippen molar-refractivity contribution in [1.82, 2.24) is 30.2 Å². The van der Waals surface area contributed by atoms with Gasteiger partial charge in [0.25, 0.3) is 0 Å². The molecule has 32 heavy (non-hydrogen) atoms. The zero-order chi connectivity index (χ0) is 22.2. The van der Waals surface area contributed by atoms with Gasteiger partial charge < -0.3 is 20.5 Å². The Bertz CT molecular complexity index is 1330. The molecule has 0 radical (unpaired) electrons. The predicted octanol–water partition coefficient (Wildman–Crippen LogP) is 2.57. The standard InChI is InChI=1S/C22H23N7O2S/c1-23-19-16-17(29(2)11-25-16)18-20(27-19)28-22(32-18)13-8-6-12(7-9-13)10-24-21(31)14-4-3-5-15(30)26-14/h6-9,11,14H,3-5,10H2,1-2H3,(H,23,27)(H,24,31)(H,26,30)/t14-/m0/s1. The second-order valence-corrected chi connectivity index (χ2v) is 8.86. The van der Waals surface area contributed by atoms with Gasteiger partial charge in [-0.05, 0) is 18.4 Å². The number of benzene rings is 1. The molecule has 0 saturated carbocycles. The van der Waals surface area contributed by atoms with Crippen LogP contribution >= 0.6 is 11.3 Å². The van der Waals surface area contributed by atoms with E-state index in [1.54, 1.807) is 17.7 Å². The number of aryl methyl sites for hydroxylation is 1. The van der Waals surface area contributed by atoms with E-state index in [1.807, 2.05) is 42.9 Å². The van der Waals surface area contributed by atoms with Gasteiger partial charge in [-0.1, -0.05) is 24.3 Å². The van der Waals surface area contributed by atoms with Crippen LogP contribution in [0.3, 0.4) is 0 Å². The molecule has 1 atom stereocenters. The third-order valence-corrected chi connectivity index (χ3v) is 6.76. The summed E-state index contributed by atoms with van der Waals surface area (Å²) in [7, 11) is 3.80. The molecule has 5 rings (SSSR count). The molecule has 9 nitrogen and oxygen atoms in total. The first-order valence-electron chi connectivity index (χ1n) is 10.5. The van der Waals surface area contributed by atoms with Crippen LogP contribution in [0.15, 0.2) is 30.6 Å². The number of fused-ring (bicyclic) bond motifs is 3. The second-order valence-electron chi connectivity index (χ2n) is 7.86. The van der Waals surface area contributed by atoms with Crippen LogP contribution in [0.4, 0.5) is 5.82 Å². The van der Waals surface area contributed by atoms with Crippen molar-refractivity contribution in [1.29, 1.82) is 0 Å². The number of carbonyl (C=O) groups excluding carboxylic acids is 2. The SMILES string of the molecule is CNc1nc2nc(-c3ccc(CNC(=O)[C@@H]4CCCC(=O)N4)cc3)sc2c2c1ncn2C. The van der Waals surface area contributed by atoms with E-state index in [9.17, 15) is 9.59 Å². The minimum absolute atomic E-state index is 0.0590. The maximum atomic E-state index is 12.3. The van der Waals surface area contributed by atoms with E-state index in [0.717, 1.165) is 38.3 Å². The Morgan fingerprint density at radius 2 is 2.09 bits per heavy atom. The number of thiazole rings is 1. The fraction of sp³-hybridized carbons (Fsp3) is 0.318. The molecule has 1 aliphatic rings. The number of rotatable bonds is 5. The molecule has 3 N–H and O–H groups in total. The molecule has 1 aromatic carbocycles. The third kappa shape index (κ3) is 3.66. The fourth-order valence-electron chi connectivity index (χ4n) is 3.95. The van der Waals surface area contributed by atoms with Crippen LogP contribution in [0.25, 0.3) is 32.0 Å². The Labute approximate surface area is 188 Å². The number of imidazole rings is 1. The lowest BCUT2D eigenvalue weighted by molar-refractivity contribution is -0.131. The summed E-state index contributed by atoms with van der Waals surface area (Å²) < 4.78 is 2.99. The number of pyridine rings is 1. The van der Waals surface area contributed by atoms with Gasteiger partial charge in [-0.25, -0.2) is 15.0 Å². The van der Waals surface area contributed by atoms with Crippen molar-refractivity contribution < 1.29 is 9.59 Å². The summed E-state index contributed by atoms with van der Waals surface area (Å²) in [6.07, 6.45) is 3.71. The zero-order valence-corrected chi connectivity index (χ0v) is 18.6. The number of hydrogen-bond donors (Lipinski definition) is 3. The van der Waals surface area contributed by atoms with E-state index in [0.29, 0.717) is 30.9 Å². The van der Waals surface area contributed by atoms with Gasteiger partial charge in [0, 0.05) is 32.6 Å². The van der Waals surface area contributed by atoms with Crippen LogP contribution in [-0.4, -0.2) is 44.4 Å². The Hall–Kier alpha value is -3.53. The molecule has 4 heterocycles. The minimum Gasteiger partial charge on any atom is -0.371 e. The summed E-state index contributed by atoms with van der Waals surface area (Å²) in [5.41, 5.74) is 4.51. The van der Waals surface area contributed by atoms with E-state index in [2.05, 4.69) is 25.9 Å². The van der Waals surface area contributed by atoms with Gasteiger partial charge in [0.2, 0.25) is 11.8 Å². The fourth-order valence-corrected chi connectivity index (χ4v) is 5.05. The maximum Gasteiger partial charge on any atom is 0.242 e. The first kappa shape index (κ1) is 20.4. The minimum atomic E-state index is -0.433. The number of amides is 2. The topological polar surface area (TPSA) is 114 Å². The summed E-state index contributed by atoms with van der Waals surface area (Å²) in [4.78, 5) is 37.7. The number of nitrogens with one attached hydrogen (secondary N) is 3. The van der Waals surface area contributed by atoms with Gasteiger partial charge in [0.05, 0.1) is 11.8 Å². The van der Waals surface area contributed by atoms with E-state index >= 15 is 0 Å². The van der Waals surface area contributed by atoms with Crippen LogP contribution in [0.5, 0.6) is 0 Å². The summed E-state index contributed by atoms with van der Waals surface area (Å²) in [5.74, 6) is 0.515. The van der Waals surface area contributed by atoms with Crippen molar-refractivity contribution in [3.63, 3.8) is 0 Å². The molecular weight excluding hydrogens is 426 g/mol. The molecule has 1 saturated heterocycles. The average Bonchev–Trinajstić information content (AvgIpc) is 3.40. The van der Waals surface area contributed by atoms with Gasteiger partial charge in [0.1, 0.15) is 21.3 Å². The molecule has 0 bridgehead atoms. The smallest absolute Gasteiger partial charge is 0.242 e. The normalized spacial score (nSPS) is 16.3. The number of piperidine rings is 1. The Balaban J connectivity index is 1.35. The van der Waals surface area contributed by atoms with Crippen LogP contribution in [-0.2, 0) is 23.2 Å². The summed E-state index contributed by atoms with van der Waals surface area (Å²) in [5, 5.41) is 9.64. The monoisotopic (exact) mass is 449 g/mol. The molecule has 2 amide bonds. The van der Waals surface area contributed by atoms with Crippen LogP contribution in [0.2, 0.25) is 0 Å². The Morgan fingerprint density at radius 3 is 2.84 bits per heavy atom. The molecule has 1 aliphatic heterocycles. The van der Waals surface area contributed by atoms with Crippen molar-refractivity contribution in [3.05, 3.63) is 36.2 Å². The van der Waals surface area contributed by atoms with Crippen molar-refractivity contribution in [2.45, 2.75) is 31.8 Å². The van der Waals surface area contributed by atoms with Gasteiger partial charge in [-0.15, -0.1) is 11.3 Å². The molecular formula is C22H23N7O2S. The van der Waals surface area contributed by atoms with Gasteiger partial charge in [-0.3, -0.25) is 9.59 Å². The Morgan fingerprint density at radius 1 is 1.28 bits per heavy atom. The molecule has 0 spiro atoms. The van der Waals surface area contributed by atoms with Crippen molar-refractivity contribution >= 4 is 50.3 Å². The highest BCUT2D eigenvalue weighted by Crippen LogP contribution is 2.35. The van der Waals surface area contributed by atoms with Crippen LogP contribution in [0.1, 0.15) is 24.8 Å². The average molecular weight is 450 g/mol. The van der Waals surface area contributed by atoms with Crippen molar-refractivity contribution in [3.8, 4) is 10.6 Å². The molecule has 0 unspecified atom stereocenters. The number of anilines is 1. The van der Waals surface area contributed by atoms with Crippen LogP contribution in [0, 0.1) is 0 Å². The highest BCUT2D eigenvalue weighted by Gasteiger charge is 2.24. The van der Waals surface area contributed by atoms with E-state index < -0.39 is 6.04 Å². The van der Waals surface area contributed by atoms with E-state index in [1.165, 1.54) is 0 Å². The predicted molar refractivity (Wildman–Crippen MR) is 124 cm³/mol. The molecule has 4 aromatic rings. The summed E-state index contributed by atoms with van der Waals surface area (Å²) >= 11 is 1.59. The van der Waals surface area contributed by atoms with Gasteiger partial charge in [0.15, 0.2) is 11.5 Å². The highest BCUT2D eigenvalue weighted by atomic mass is 32.1. The lowest BCUT2D eigenvalue weighted by atomic mass is 10.0. The first-order valence-corrected chi connectivity index (χ1v) is 11.3.